The Kier molecular flexibility index (Phi) is 5.23. The van der Waals surface area contributed by atoms with Crippen molar-refractivity contribution >= 4 is 17.6 Å². The number of hydrogen-bond donors (Lipinski definition) is 3. The van der Waals surface area contributed by atoms with E-state index in [2.05, 4.69) is 21.1 Å². The van der Waals surface area contributed by atoms with Crippen molar-refractivity contribution in [2.24, 2.45) is 0 Å². The van der Waals surface area contributed by atoms with Crippen LogP contribution in [-0.2, 0) is 0 Å². The SMILES string of the molecule is CNC(=O)c1cccc(NC(=O)N[C@@H](C)c2c(C)noc2C)c1C. The first kappa shape index (κ1) is 17.5. The third-order valence-electron chi connectivity index (χ3n) is 3.92. The van der Waals surface area contributed by atoms with Gasteiger partial charge in [0.15, 0.2) is 0 Å². The van der Waals surface area contributed by atoms with E-state index < -0.39 is 0 Å². The second-order valence-electron chi connectivity index (χ2n) is 5.62. The van der Waals surface area contributed by atoms with Gasteiger partial charge in [-0.25, -0.2) is 4.79 Å². The summed E-state index contributed by atoms with van der Waals surface area (Å²) in [5, 5.41) is 12.1. The van der Waals surface area contributed by atoms with E-state index >= 15 is 0 Å². The van der Waals surface area contributed by atoms with Gasteiger partial charge < -0.3 is 20.5 Å². The molecule has 128 valence electrons. The number of aromatic nitrogens is 1. The zero-order valence-electron chi connectivity index (χ0n) is 14.5. The lowest BCUT2D eigenvalue weighted by Crippen LogP contribution is -2.32. The minimum absolute atomic E-state index is 0.194. The number of nitrogens with one attached hydrogen (secondary N) is 3. The molecule has 0 aliphatic carbocycles. The molecule has 1 atom stereocenters. The first-order valence-corrected chi connectivity index (χ1v) is 7.67. The van der Waals surface area contributed by atoms with Gasteiger partial charge in [-0.1, -0.05) is 11.2 Å². The predicted molar refractivity (Wildman–Crippen MR) is 91.1 cm³/mol. The molecular formula is C17H22N4O3. The van der Waals surface area contributed by atoms with Gasteiger partial charge in [-0.15, -0.1) is 0 Å². The molecule has 1 aromatic heterocycles. The normalized spacial score (nSPS) is 11.7. The molecule has 1 aromatic carbocycles. The van der Waals surface area contributed by atoms with Crippen LogP contribution in [0.25, 0.3) is 0 Å². The van der Waals surface area contributed by atoms with Crippen molar-refractivity contribution in [3.63, 3.8) is 0 Å². The molecule has 0 aliphatic rings. The highest BCUT2D eigenvalue weighted by molar-refractivity contribution is 5.98. The fourth-order valence-corrected chi connectivity index (χ4v) is 2.69. The summed E-state index contributed by atoms with van der Waals surface area (Å²) in [4.78, 5) is 24.1. The highest BCUT2D eigenvalue weighted by Gasteiger charge is 2.19. The highest BCUT2D eigenvalue weighted by Crippen LogP contribution is 2.22. The molecule has 0 fully saturated rings. The maximum atomic E-state index is 12.3. The molecule has 3 amide bonds. The number of carbonyl (C=O) groups is 2. The summed E-state index contributed by atoms with van der Waals surface area (Å²) in [6.45, 7) is 7.29. The van der Waals surface area contributed by atoms with E-state index in [0.29, 0.717) is 22.6 Å². The third-order valence-corrected chi connectivity index (χ3v) is 3.92. The fraction of sp³-hybridized carbons (Fsp3) is 0.353. The first-order valence-electron chi connectivity index (χ1n) is 7.67. The number of hydrogen-bond acceptors (Lipinski definition) is 4. The van der Waals surface area contributed by atoms with E-state index in [-0.39, 0.29) is 18.0 Å². The Bertz CT molecular complexity index is 748. The average Bonchev–Trinajstić information content (AvgIpc) is 2.87. The van der Waals surface area contributed by atoms with Crippen molar-refractivity contribution in [3.05, 3.63) is 46.3 Å². The Labute approximate surface area is 140 Å². The van der Waals surface area contributed by atoms with Crippen LogP contribution in [0.2, 0.25) is 0 Å². The minimum atomic E-state index is -0.361. The molecule has 0 bridgehead atoms. The van der Waals surface area contributed by atoms with Gasteiger partial charge in [0.05, 0.1) is 11.7 Å². The van der Waals surface area contributed by atoms with Crippen LogP contribution in [0.4, 0.5) is 10.5 Å². The molecule has 24 heavy (non-hydrogen) atoms. The van der Waals surface area contributed by atoms with Crippen molar-refractivity contribution in [2.45, 2.75) is 33.7 Å². The summed E-state index contributed by atoms with van der Waals surface area (Å²) in [6.07, 6.45) is 0. The molecule has 0 radical (unpaired) electrons. The van der Waals surface area contributed by atoms with Gasteiger partial charge in [0.1, 0.15) is 5.76 Å². The molecule has 2 rings (SSSR count). The van der Waals surface area contributed by atoms with Crippen LogP contribution in [0.3, 0.4) is 0 Å². The topological polar surface area (TPSA) is 96.3 Å². The lowest BCUT2D eigenvalue weighted by molar-refractivity contribution is 0.0962. The molecule has 0 aliphatic heterocycles. The van der Waals surface area contributed by atoms with Crippen LogP contribution in [0, 0.1) is 20.8 Å². The minimum Gasteiger partial charge on any atom is -0.361 e. The Balaban J connectivity index is 2.12. The highest BCUT2D eigenvalue weighted by atomic mass is 16.5. The van der Waals surface area contributed by atoms with Crippen molar-refractivity contribution in [2.75, 3.05) is 12.4 Å². The number of carbonyl (C=O) groups excluding carboxylic acids is 2. The zero-order chi connectivity index (χ0) is 17.9. The van der Waals surface area contributed by atoms with Gasteiger partial charge >= 0.3 is 6.03 Å². The van der Waals surface area contributed by atoms with Crippen LogP contribution >= 0.6 is 0 Å². The van der Waals surface area contributed by atoms with E-state index in [9.17, 15) is 9.59 Å². The Morgan fingerprint density at radius 2 is 1.92 bits per heavy atom. The van der Waals surface area contributed by atoms with E-state index in [1.54, 1.807) is 32.2 Å². The maximum absolute atomic E-state index is 12.3. The van der Waals surface area contributed by atoms with Gasteiger partial charge in [0, 0.05) is 23.9 Å². The Morgan fingerprint density at radius 3 is 2.50 bits per heavy atom. The number of amides is 3. The maximum Gasteiger partial charge on any atom is 0.319 e. The molecule has 0 saturated heterocycles. The Morgan fingerprint density at radius 1 is 1.21 bits per heavy atom. The van der Waals surface area contributed by atoms with Crippen molar-refractivity contribution in [1.29, 1.82) is 0 Å². The summed E-state index contributed by atoms with van der Waals surface area (Å²) in [5.74, 6) is 0.485. The fourth-order valence-electron chi connectivity index (χ4n) is 2.69. The molecule has 0 unspecified atom stereocenters. The van der Waals surface area contributed by atoms with E-state index in [1.807, 2.05) is 20.8 Å². The van der Waals surface area contributed by atoms with Crippen molar-refractivity contribution in [1.82, 2.24) is 15.8 Å². The van der Waals surface area contributed by atoms with Crippen molar-refractivity contribution < 1.29 is 14.1 Å². The molecule has 1 heterocycles. The predicted octanol–water partition coefficient (Wildman–Crippen LogP) is 2.84. The van der Waals surface area contributed by atoms with Crippen LogP contribution in [-0.4, -0.2) is 24.1 Å². The number of nitrogens with zero attached hydrogens (tertiary/aromatic N) is 1. The molecule has 7 nitrogen and oxygen atoms in total. The van der Waals surface area contributed by atoms with Gasteiger partial charge in [-0.05, 0) is 45.4 Å². The number of anilines is 1. The van der Waals surface area contributed by atoms with Gasteiger partial charge in [-0.3, -0.25) is 4.79 Å². The number of aryl methyl sites for hydroxylation is 2. The smallest absolute Gasteiger partial charge is 0.319 e. The molecule has 3 N–H and O–H groups in total. The van der Waals surface area contributed by atoms with E-state index in [1.165, 1.54) is 0 Å². The molecular weight excluding hydrogens is 308 g/mol. The van der Waals surface area contributed by atoms with Crippen LogP contribution in [0.15, 0.2) is 22.7 Å². The summed E-state index contributed by atoms with van der Waals surface area (Å²) in [5.41, 5.74) is 3.42. The molecule has 0 saturated carbocycles. The first-order chi connectivity index (χ1) is 11.3. The summed E-state index contributed by atoms with van der Waals surface area (Å²) >= 11 is 0. The standard InChI is InChI=1S/C17H22N4O3/c1-9-13(16(22)18-5)7-6-8-14(9)20-17(23)19-10(2)15-11(3)21-24-12(15)4/h6-8,10H,1-5H3,(H,18,22)(H2,19,20,23)/t10-/m0/s1. The van der Waals surface area contributed by atoms with Crippen molar-refractivity contribution in [3.8, 4) is 0 Å². The molecule has 0 spiro atoms. The van der Waals surface area contributed by atoms with Crippen LogP contribution in [0.1, 0.15) is 45.9 Å². The van der Waals surface area contributed by atoms with E-state index in [0.717, 1.165) is 11.3 Å². The monoisotopic (exact) mass is 330 g/mol. The average molecular weight is 330 g/mol. The lowest BCUT2D eigenvalue weighted by atomic mass is 10.1. The number of benzene rings is 1. The zero-order valence-corrected chi connectivity index (χ0v) is 14.5. The summed E-state index contributed by atoms with van der Waals surface area (Å²) in [7, 11) is 1.57. The lowest BCUT2D eigenvalue weighted by Gasteiger charge is -2.16. The van der Waals surface area contributed by atoms with Gasteiger partial charge in [-0.2, -0.15) is 0 Å². The quantitative estimate of drug-likeness (QED) is 0.803. The molecule has 7 heteroatoms. The summed E-state index contributed by atoms with van der Waals surface area (Å²) in [6, 6.07) is 4.58. The number of urea groups is 1. The van der Waals surface area contributed by atoms with Gasteiger partial charge in [0.2, 0.25) is 0 Å². The summed E-state index contributed by atoms with van der Waals surface area (Å²) < 4.78 is 5.12. The largest absolute Gasteiger partial charge is 0.361 e. The van der Waals surface area contributed by atoms with E-state index in [4.69, 9.17) is 4.52 Å². The Hall–Kier alpha value is -2.83. The van der Waals surface area contributed by atoms with Gasteiger partial charge in [0.25, 0.3) is 5.91 Å². The molecule has 2 aromatic rings. The van der Waals surface area contributed by atoms with Crippen LogP contribution in [0.5, 0.6) is 0 Å². The second-order valence-corrected chi connectivity index (χ2v) is 5.62. The third kappa shape index (κ3) is 3.56. The van der Waals surface area contributed by atoms with Crippen LogP contribution < -0.4 is 16.0 Å². The number of rotatable bonds is 4. The second kappa shape index (κ2) is 7.16.